The number of nitrogens with zero attached hydrogens (tertiary/aromatic N) is 3. The predicted octanol–water partition coefficient (Wildman–Crippen LogP) is 3.84. The molecule has 1 heterocycles. The molecule has 128 valence electrons. The monoisotopic (exact) mass is 326 g/mol. The summed E-state index contributed by atoms with van der Waals surface area (Å²) in [6.45, 7) is 6.98. The third-order valence-electron chi connectivity index (χ3n) is 3.91. The fourth-order valence-electron chi connectivity index (χ4n) is 2.47. The van der Waals surface area contributed by atoms with Gasteiger partial charge in [-0.3, -0.25) is 4.79 Å². The number of carbonyl (C=O) groups excluding carboxylic acids is 1. The average molecular weight is 326 g/mol. The molecule has 0 aliphatic carbocycles. The summed E-state index contributed by atoms with van der Waals surface area (Å²) in [5.74, 6) is 0.393. The zero-order chi connectivity index (χ0) is 17.5. The highest BCUT2D eigenvalue weighted by Gasteiger charge is 2.14. The first-order valence-corrected chi connectivity index (χ1v) is 8.51. The molecular weight excluding hydrogens is 300 g/mol. The number of amides is 1. The summed E-state index contributed by atoms with van der Waals surface area (Å²) in [5.41, 5.74) is 3.13. The largest absolute Gasteiger partial charge is 0.344 e. The van der Waals surface area contributed by atoms with Crippen LogP contribution in [0, 0.1) is 6.92 Å². The van der Waals surface area contributed by atoms with Crippen molar-refractivity contribution >= 4 is 17.5 Å². The van der Waals surface area contributed by atoms with Crippen molar-refractivity contribution in [2.24, 2.45) is 0 Å². The third kappa shape index (κ3) is 4.54. The van der Waals surface area contributed by atoms with Crippen molar-refractivity contribution in [2.45, 2.75) is 40.0 Å². The summed E-state index contributed by atoms with van der Waals surface area (Å²) in [6.07, 6.45) is 3.04. The zero-order valence-corrected chi connectivity index (χ0v) is 15.0. The minimum Gasteiger partial charge on any atom is -0.344 e. The molecule has 1 N–H and O–H groups in total. The molecule has 0 fully saturated rings. The highest BCUT2D eigenvalue weighted by atomic mass is 16.1. The van der Waals surface area contributed by atoms with Crippen molar-refractivity contribution < 1.29 is 4.79 Å². The molecule has 2 aromatic rings. The molecule has 0 aliphatic heterocycles. The van der Waals surface area contributed by atoms with Crippen molar-refractivity contribution in [3.63, 3.8) is 0 Å². The van der Waals surface area contributed by atoms with Crippen LogP contribution in [0.1, 0.15) is 48.4 Å². The zero-order valence-electron chi connectivity index (χ0n) is 15.0. The van der Waals surface area contributed by atoms with Crippen molar-refractivity contribution in [3.8, 4) is 0 Å². The highest BCUT2D eigenvalue weighted by molar-refractivity contribution is 6.03. The smallest absolute Gasteiger partial charge is 0.274 e. The molecule has 1 aromatic heterocycles. The Balaban J connectivity index is 2.21. The number of aromatic nitrogens is 2. The molecule has 0 saturated carbocycles. The van der Waals surface area contributed by atoms with E-state index in [4.69, 9.17) is 0 Å². The van der Waals surface area contributed by atoms with Crippen LogP contribution in [0.4, 0.5) is 11.6 Å². The summed E-state index contributed by atoms with van der Waals surface area (Å²) < 4.78 is 0. The number of unbranched alkanes of at least 4 members (excludes halogenated alkanes) is 1. The molecule has 1 aromatic carbocycles. The van der Waals surface area contributed by atoms with Crippen LogP contribution in [0.3, 0.4) is 0 Å². The number of aryl methyl sites for hydroxylation is 2. The van der Waals surface area contributed by atoms with Gasteiger partial charge in [0.25, 0.3) is 5.91 Å². The number of hydrogen-bond donors (Lipinski definition) is 1. The van der Waals surface area contributed by atoms with Gasteiger partial charge in [-0.2, -0.15) is 0 Å². The Hall–Kier alpha value is -2.43. The summed E-state index contributed by atoms with van der Waals surface area (Å²) >= 11 is 0. The van der Waals surface area contributed by atoms with Crippen LogP contribution in [0.15, 0.2) is 30.3 Å². The lowest BCUT2D eigenvalue weighted by Crippen LogP contribution is -2.23. The van der Waals surface area contributed by atoms with E-state index in [1.54, 1.807) is 6.07 Å². The van der Waals surface area contributed by atoms with E-state index in [2.05, 4.69) is 29.1 Å². The number of hydrogen-bond acceptors (Lipinski definition) is 4. The maximum atomic E-state index is 12.6. The second kappa shape index (κ2) is 8.43. The first-order valence-electron chi connectivity index (χ1n) is 8.51. The van der Waals surface area contributed by atoms with Crippen molar-refractivity contribution in [2.75, 3.05) is 23.8 Å². The quantitative estimate of drug-likeness (QED) is 0.840. The summed E-state index contributed by atoms with van der Waals surface area (Å²) in [5, 5.41) is 2.97. The molecule has 1 amide bonds. The van der Waals surface area contributed by atoms with Crippen LogP contribution in [0.5, 0.6) is 0 Å². The van der Waals surface area contributed by atoms with E-state index in [0.29, 0.717) is 11.6 Å². The van der Waals surface area contributed by atoms with Gasteiger partial charge >= 0.3 is 0 Å². The summed E-state index contributed by atoms with van der Waals surface area (Å²) in [4.78, 5) is 23.5. The number of rotatable bonds is 7. The first-order chi connectivity index (χ1) is 11.5. The van der Waals surface area contributed by atoms with Gasteiger partial charge in [0, 0.05) is 25.0 Å². The molecule has 5 nitrogen and oxygen atoms in total. The average Bonchev–Trinajstić information content (AvgIpc) is 2.59. The second-order valence-electron chi connectivity index (χ2n) is 5.93. The van der Waals surface area contributed by atoms with E-state index < -0.39 is 0 Å². The Morgan fingerprint density at radius 3 is 2.67 bits per heavy atom. The minimum atomic E-state index is -0.202. The van der Waals surface area contributed by atoms with Crippen LogP contribution in [-0.4, -0.2) is 29.5 Å². The molecule has 0 unspecified atom stereocenters. The van der Waals surface area contributed by atoms with E-state index in [1.165, 1.54) is 0 Å². The molecule has 0 radical (unpaired) electrons. The van der Waals surface area contributed by atoms with Gasteiger partial charge in [0.1, 0.15) is 5.69 Å². The van der Waals surface area contributed by atoms with E-state index in [1.807, 2.05) is 43.1 Å². The Kier molecular flexibility index (Phi) is 6.29. The van der Waals surface area contributed by atoms with Crippen LogP contribution >= 0.6 is 0 Å². The predicted molar refractivity (Wildman–Crippen MR) is 98.7 cm³/mol. The fourth-order valence-corrected chi connectivity index (χ4v) is 2.47. The van der Waals surface area contributed by atoms with Gasteiger partial charge in [-0.15, -0.1) is 0 Å². The highest BCUT2D eigenvalue weighted by Crippen LogP contribution is 2.17. The molecule has 0 bridgehead atoms. The van der Waals surface area contributed by atoms with E-state index in [0.717, 1.165) is 42.8 Å². The number of benzene rings is 1. The Morgan fingerprint density at radius 2 is 1.96 bits per heavy atom. The Labute approximate surface area is 144 Å². The van der Waals surface area contributed by atoms with Crippen LogP contribution in [0.25, 0.3) is 0 Å². The van der Waals surface area contributed by atoms with Gasteiger partial charge in [0.15, 0.2) is 0 Å². The van der Waals surface area contributed by atoms with Gasteiger partial charge < -0.3 is 10.2 Å². The van der Waals surface area contributed by atoms with Gasteiger partial charge in [0.05, 0.1) is 0 Å². The standard InChI is InChI=1S/C19H26N4O/c1-5-7-12-23(4)19-20-14(3)13-17(22-19)18(24)21-16-11-9-8-10-15(16)6-2/h8-11,13H,5-7,12H2,1-4H3,(H,21,24). The molecule has 24 heavy (non-hydrogen) atoms. The van der Waals surface area contributed by atoms with E-state index in [9.17, 15) is 4.79 Å². The number of nitrogens with one attached hydrogen (secondary N) is 1. The topological polar surface area (TPSA) is 58.1 Å². The fraction of sp³-hybridized carbons (Fsp3) is 0.421. The van der Waals surface area contributed by atoms with Crippen molar-refractivity contribution in [1.82, 2.24) is 9.97 Å². The molecule has 0 atom stereocenters. The van der Waals surface area contributed by atoms with Gasteiger partial charge in [0.2, 0.25) is 5.95 Å². The van der Waals surface area contributed by atoms with Gasteiger partial charge in [-0.1, -0.05) is 38.5 Å². The molecule has 2 rings (SSSR count). The van der Waals surface area contributed by atoms with Crippen LogP contribution < -0.4 is 10.2 Å². The number of carbonyl (C=O) groups is 1. The second-order valence-corrected chi connectivity index (χ2v) is 5.93. The lowest BCUT2D eigenvalue weighted by Gasteiger charge is -2.18. The summed E-state index contributed by atoms with van der Waals surface area (Å²) in [7, 11) is 1.96. The lowest BCUT2D eigenvalue weighted by atomic mass is 10.1. The number of anilines is 2. The SMILES string of the molecule is CCCCN(C)c1nc(C)cc(C(=O)Nc2ccccc2CC)n1. The molecule has 5 heteroatoms. The maximum Gasteiger partial charge on any atom is 0.274 e. The Morgan fingerprint density at radius 1 is 1.21 bits per heavy atom. The Bertz CT molecular complexity index is 700. The van der Waals surface area contributed by atoms with Crippen molar-refractivity contribution in [3.05, 3.63) is 47.3 Å². The molecular formula is C19H26N4O. The molecule has 0 aliphatic rings. The molecule has 0 spiro atoms. The lowest BCUT2D eigenvalue weighted by molar-refractivity contribution is 0.102. The van der Waals surface area contributed by atoms with Crippen molar-refractivity contribution in [1.29, 1.82) is 0 Å². The van der Waals surface area contributed by atoms with Crippen LogP contribution in [0.2, 0.25) is 0 Å². The summed E-state index contributed by atoms with van der Waals surface area (Å²) in [6, 6.07) is 9.55. The minimum absolute atomic E-state index is 0.202. The first kappa shape index (κ1) is 17.9. The number of para-hydroxylation sites is 1. The van der Waals surface area contributed by atoms with Crippen LogP contribution in [-0.2, 0) is 6.42 Å². The maximum absolute atomic E-state index is 12.6. The van der Waals surface area contributed by atoms with Gasteiger partial charge in [-0.25, -0.2) is 9.97 Å². The van der Waals surface area contributed by atoms with Gasteiger partial charge in [-0.05, 0) is 37.5 Å². The van der Waals surface area contributed by atoms with E-state index >= 15 is 0 Å². The molecule has 0 saturated heterocycles. The normalized spacial score (nSPS) is 10.5. The third-order valence-corrected chi connectivity index (χ3v) is 3.91. The van der Waals surface area contributed by atoms with E-state index in [-0.39, 0.29) is 5.91 Å².